The van der Waals surface area contributed by atoms with E-state index in [1.54, 1.807) is 11.3 Å². The number of nitrogens with two attached hydrogens (primary N) is 1. The number of hydrogen-bond acceptors (Lipinski definition) is 2. The van der Waals surface area contributed by atoms with Crippen LogP contribution >= 0.6 is 27.3 Å². The third-order valence-corrected chi connectivity index (χ3v) is 3.43. The Morgan fingerprint density at radius 1 is 1.55 bits per heavy atom. The zero-order valence-corrected chi connectivity index (χ0v) is 9.08. The summed E-state index contributed by atoms with van der Waals surface area (Å²) in [6.07, 6.45) is 0. The van der Waals surface area contributed by atoms with Crippen LogP contribution < -0.4 is 5.73 Å². The summed E-state index contributed by atoms with van der Waals surface area (Å²) in [5.74, 6) is 0.514. The summed E-state index contributed by atoms with van der Waals surface area (Å²) in [5.41, 5.74) is 5.94. The van der Waals surface area contributed by atoms with E-state index in [9.17, 15) is 0 Å². The summed E-state index contributed by atoms with van der Waals surface area (Å²) in [4.78, 5) is 1.26. The molecule has 1 aromatic rings. The molecule has 0 saturated carbocycles. The molecule has 0 aliphatic carbocycles. The second kappa shape index (κ2) is 3.70. The molecule has 1 heterocycles. The van der Waals surface area contributed by atoms with Crippen molar-refractivity contribution in [3.05, 3.63) is 20.8 Å². The monoisotopic (exact) mass is 233 g/mol. The molecule has 3 heteroatoms. The fourth-order valence-electron chi connectivity index (χ4n) is 0.832. The lowest BCUT2D eigenvalue weighted by Gasteiger charge is -2.12. The van der Waals surface area contributed by atoms with E-state index in [0.717, 1.165) is 4.47 Å². The molecule has 1 atom stereocenters. The Bertz CT molecular complexity index is 232. The summed E-state index contributed by atoms with van der Waals surface area (Å²) >= 11 is 5.12. The Hall–Kier alpha value is 0.140. The second-order valence-corrected chi connectivity index (χ2v) is 4.80. The zero-order valence-electron chi connectivity index (χ0n) is 6.67. The first-order chi connectivity index (χ1) is 5.11. The van der Waals surface area contributed by atoms with Crippen molar-refractivity contribution in [1.82, 2.24) is 0 Å². The van der Waals surface area contributed by atoms with Gasteiger partial charge in [0.1, 0.15) is 0 Å². The molecule has 0 aliphatic heterocycles. The molecular formula is C8H12BrNS. The van der Waals surface area contributed by atoms with Gasteiger partial charge in [0.2, 0.25) is 0 Å². The third kappa shape index (κ3) is 2.29. The summed E-state index contributed by atoms with van der Waals surface area (Å²) in [6.45, 7) is 4.27. The van der Waals surface area contributed by atoms with Gasteiger partial charge in [0.15, 0.2) is 0 Å². The van der Waals surface area contributed by atoms with Crippen molar-refractivity contribution >= 4 is 27.3 Å². The summed E-state index contributed by atoms with van der Waals surface area (Å²) in [6, 6.07) is 2.28. The van der Waals surface area contributed by atoms with Gasteiger partial charge >= 0.3 is 0 Å². The van der Waals surface area contributed by atoms with Gasteiger partial charge in [0, 0.05) is 20.8 Å². The third-order valence-electron chi connectivity index (χ3n) is 1.63. The molecule has 0 aromatic carbocycles. The molecule has 0 saturated heterocycles. The highest BCUT2D eigenvalue weighted by Crippen LogP contribution is 2.27. The highest BCUT2D eigenvalue weighted by molar-refractivity contribution is 9.10. The Balaban J connectivity index is 2.76. The lowest BCUT2D eigenvalue weighted by atomic mass is 10.0. The minimum Gasteiger partial charge on any atom is -0.323 e. The molecule has 0 bridgehead atoms. The highest BCUT2D eigenvalue weighted by Gasteiger charge is 2.11. The van der Waals surface area contributed by atoms with E-state index in [-0.39, 0.29) is 6.04 Å². The maximum atomic E-state index is 5.94. The van der Waals surface area contributed by atoms with Crippen LogP contribution in [0.4, 0.5) is 0 Å². The van der Waals surface area contributed by atoms with Gasteiger partial charge in [-0.1, -0.05) is 13.8 Å². The largest absolute Gasteiger partial charge is 0.323 e. The molecule has 1 nitrogen and oxygen atoms in total. The Morgan fingerprint density at radius 2 is 2.18 bits per heavy atom. The van der Waals surface area contributed by atoms with Crippen LogP contribution in [0.3, 0.4) is 0 Å². The molecule has 62 valence electrons. The first-order valence-electron chi connectivity index (χ1n) is 3.60. The van der Waals surface area contributed by atoms with E-state index < -0.39 is 0 Å². The van der Waals surface area contributed by atoms with E-state index in [1.807, 2.05) is 0 Å². The molecule has 2 N–H and O–H groups in total. The quantitative estimate of drug-likeness (QED) is 0.835. The van der Waals surface area contributed by atoms with Gasteiger partial charge < -0.3 is 5.73 Å². The Kier molecular flexibility index (Phi) is 3.10. The number of rotatable bonds is 2. The summed E-state index contributed by atoms with van der Waals surface area (Å²) in [7, 11) is 0. The SMILES string of the molecule is CC(C)C(N)c1cc(Br)cs1. The van der Waals surface area contributed by atoms with Crippen molar-refractivity contribution in [2.75, 3.05) is 0 Å². The van der Waals surface area contributed by atoms with Crippen molar-refractivity contribution in [3.8, 4) is 0 Å². The smallest absolute Gasteiger partial charge is 0.0413 e. The molecule has 0 radical (unpaired) electrons. The van der Waals surface area contributed by atoms with Gasteiger partial charge in [-0.15, -0.1) is 11.3 Å². The molecule has 0 aliphatic rings. The van der Waals surface area contributed by atoms with Crippen LogP contribution in [0.15, 0.2) is 15.9 Å². The average molecular weight is 234 g/mol. The topological polar surface area (TPSA) is 26.0 Å². The van der Waals surface area contributed by atoms with Crippen LogP contribution in [-0.4, -0.2) is 0 Å². The first kappa shape index (κ1) is 9.23. The molecule has 1 unspecified atom stereocenters. The maximum Gasteiger partial charge on any atom is 0.0413 e. The molecule has 1 rings (SSSR count). The lowest BCUT2D eigenvalue weighted by Crippen LogP contribution is -2.14. The van der Waals surface area contributed by atoms with Crippen LogP contribution in [0, 0.1) is 5.92 Å². The molecule has 0 fully saturated rings. The van der Waals surface area contributed by atoms with Gasteiger partial charge in [-0.05, 0) is 27.9 Å². The predicted octanol–water partition coefficient (Wildman–Crippen LogP) is 3.17. The van der Waals surface area contributed by atoms with Crippen LogP contribution in [0.5, 0.6) is 0 Å². The maximum absolute atomic E-state index is 5.94. The van der Waals surface area contributed by atoms with E-state index in [1.165, 1.54) is 4.88 Å². The van der Waals surface area contributed by atoms with Crippen LogP contribution in [0.2, 0.25) is 0 Å². The molecular weight excluding hydrogens is 222 g/mol. The van der Waals surface area contributed by atoms with Gasteiger partial charge in [-0.2, -0.15) is 0 Å². The van der Waals surface area contributed by atoms with Crippen molar-refractivity contribution in [3.63, 3.8) is 0 Å². The van der Waals surface area contributed by atoms with E-state index in [2.05, 4.69) is 41.2 Å². The normalized spacial score (nSPS) is 13.9. The van der Waals surface area contributed by atoms with Gasteiger partial charge in [0.25, 0.3) is 0 Å². The number of thiophene rings is 1. The van der Waals surface area contributed by atoms with E-state index >= 15 is 0 Å². The zero-order chi connectivity index (χ0) is 8.43. The molecule has 0 amide bonds. The average Bonchev–Trinajstić information content (AvgIpc) is 2.34. The molecule has 1 aromatic heterocycles. The second-order valence-electron chi connectivity index (χ2n) is 2.94. The fourth-order valence-corrected chi connectivity index (χ4v) is 2.45. The van der Waals surface area contributed by atoms with Crippen LogP contribution in [0.25, 0.3) is 0 Å². The number of halogens is 1. The minimum absolute atomic E-state index is 0.186. The van der Waals surface area contributed by atoms with E-state index in [4.69, 9.17) is 5.73 Å². The van der Waals surface area contributed by atoms with Crippen molar-refractivity contribution in [2.45, 2.75) is 19.9 Å². The van der Waals surface area contributed by atoms with Gasteiger partial charge in [0.05, 0.1) is 0 Å². The lowest BCUT2D eigenvalue weighted by molar-refractivity contribution is 0.521. The standard InChI is InChI=1S/C8H12BrNS/c1-5(2)8(10)7-3-6(9)4-11-7/h3-5,8H,10H2,1-2H3. The molecule has 0 spiro atoms. The van der Waals surface area contributed by atoms with Crippen molar-refractivity contribution in [1.29, 1.82) is 0 Å². The summed E-state index contributed by atoms with van der Waals surface area (Å²) in [5, 5.41) is 2.07. The Labute approximate surface area is 79.7 Å². The van der Waals surface area contributed by atoms with Crippen LogP contribution in [-0.2, 0) is 0 Å². The Morgan fingerprint density at radius 3 is 2.55 bits per heavy atom. The summed E-state index contributed by atoms with van der Waals surface area (Å²) < 4.78 is 1.13. The molecule has 11 heavy (non-hydrogen) atoms. The van der Waals surface area contributed by atoms with Crippen LogP contribution in [0.1, 0.15) is 24.8 Å². The minimum atomic E-state index is 0.186. The van der Waals surface area contributed by atoms with Crippen molar-refractivity contribution in [2.24, 2.45) is 11.7 Å². The highest BCUT2D eigenvalue weighted by atomic mass is 79.9. The number of hydrogen-bond donors (Lipinski definition) is 1. The van der Waals surface area contributed by atoms with E-state index in [0.29, 0.717) is 5.92 Å². The van der Waals surface area contributed by atoms with Crippen molar-refractivity contribution < 1.29 is 0 Å². The predicted molar refractivity (Wildman–Crippen MR) is 53.8 cm³/mol. The van der Waals surface area contributed by atoms with Gasteiger partial charge in [-0.25, -0.2) is 0 Å². The van der Waals surface area contributed by atoms with Gasteiger partial charge in [-0.3, -0.25) is 0 Å². The fraction of sp³-hybridized carbons (Fsp3) is 0.500. The first-order valence-corrected chi connectivity index (χ1v) is 5.28.